The topological polar surface area (TPSA) is 201 Å². The van der Waals surface area contributed by atoms with E-state index in [9.17, 15) is 29.4 Å². The van der Waals surface area contributed by atoms with Crippen LogP contribution in [0.2, 0.25) is 16.6 Å². The zero-order valence-electron chi connectivity index (χ0n) is 54.7. The van der Waals surface area contributed by atoms with Crippen LogP contribution in [0.1, 0.15) is 175 Å². The summed E-state index contributed by atoms with van der Waals surface area (Å²) in [6, 6.07) is 12.8. The average Bonchev–Trinajstić information content (AvgIpc) is 1.56. The molecule has 13 rings (SSSR count). The molecule has 9 heterocycles. The lowest BCUT2D eigenvalue weighted by Gasteiger charge is -2.65. The Morgan fingerprint density at radius 3 is 2.24 bits per heavy atom. The lowest BCUT2D eigenvalue weighted by molar-refractivity contribution is -0.135. The molecule has 1 unspecified atom stereocenters. The molecule has 6 aromatic rings. The van der Waals surface area contributed by atoms with Crippen molar-refractivity contribution in [2.75, 3.05) is 57.3 Å². The number of hydrogen-bond donors (Lipinski definition) is 3. The van der Waals surface area contributed by atoms with E-state index in [-0.39, 0.29) is 99.1 Å². The van der Waals surface area contributed by atoms with Gasteiger partial charge in [-0.1, -0.05) is 60.6 Å². The lowest BCUT2D eigenvalue weighted by atomic mass is 9.51. The number of carboxylic acid groups (broad SMARTS) is 1. The molecule has 4 atom stereocenters. The fraction of sp³-hybridized carbons (Fsp3) is 0.614. The Morgan fingerprint density at radius 2 is 1.56 bits per heavy atom. The molecule has 1 aliphatic carbocycles. The molecule has 0 radical (unpaired) electrons. The third kappa shape index (κ3) is 11.0. The highest BCUT2D eigenvalue weighted by Crippen LogP contribution is 2.61. The van der Waals surface area contributed by atoms with Crippen LogP contribution in [0.25, 0.3) is 44.0 Å². The number of amides is 3. The summed E-state index contributed by atoms with van der Waals surface area (Å²) in [6.45, 7) is 22.1. The Labute approximate surface area is 533 Å². The number of nitrogens with one attached hydrogen (secondary N) is 1. The number of likely N-dealkylation sites (tertiary alicyclic amines) is 2. The van der Waals surface area contributed by atoms with Crippen molar-refractivity contribution >= 4 is 64.8 Å². The van der Waals surface area contributed by atoms with Crippen LogP contribution in [0, 0.1) is 17.0 Å². The number of halogens is 2. The molecule has 3 N–H and O–H groups in total. The Kier molecular flexibility index (Phi) is 16.5. The fourth-order valence-electron chi connectivity index (χ4n) is 18.9. The molecule has 3 amide bonds. The molecule has 21 heteroatoms. The summed E-state index contributed by atoms with van der Waals surface area (Å²) in [5.41, 5.74) is 2.80. The van der Waals surface area contributed by atoms with Gasteiger partial charge in [0.1, 0.15) is 41.2 Å². The predicted octanol–water partition coefficient (Wildman–Crippen LogP) is 12.2. The van der Waals surface area contributed by atoms with E-state index in [0.717, 1.165) is 101 Å². The quantitative estimate of drug-likeness (QED) is 0.0610. The third-order valence-corrected chi connectivity index (χ3v) is 29.3. The lowest BCUT2D eigenvalue weighted by Crippen LogP contribution is -2.67. The van der Waals surface area contributed by atoms with E-state index in [1.165, 1.54) is 11.6 Å². The number of nitrogens with zero attached hydrogens (tertiary/aromatic N) is 9. The second-order valence-corrected chi connectivity index (χ2v) is 35.0. The minimum absolute atomic E-state index is 0.0341. The van der Waals surface area contributed by atoms with Gasteiger partial charge in [-0.3, -0.25) is 38.8 Å². The molecule has 18 nitrogen and oxygen atoms in total. The molecule has 7 aliphatic rings. The van der Waals surface area contributed by atoms with Crippen LogP contribution in [-0.2, 0) is 23.1 Å². The van der Waals surface area contributed by atoms with Crippen LogP contribution in [0.4, 0.5) is 19.4 Å². The maximum Gasteiger partial charge on any atom is 0.407 e. The van der Waals surface area contributed by atoms with Gasteiger partial charge in [-0.05, 0) is 203 Å². The number of rotatable bonds is 16. The number of aliphatic hydroxyl groups is 1. The van der Waals surface area contributed by atoms with E-state index in [1.54, 1.807) is 33.3 Å². The SMILES string of the molecule is CCc1c(F)ccc2cc(O[Si](C(C)C)(C(C)C)C(C)C)cc(-c3ncc4c(N5CCC[C@@](C)(O)C5)nc(OC[C@@]56CCCN5[C@H](CC5(N7CCC(c8ccc9c(c8)n(C)c(=O)n9C8CCC(=O)NC8=O)CC7)CC7(CCN(C(=O)O)CC7)C5)CC6)nc4c3F)c12. The van der Waals surface area contributed by atoms with Crippen molar-refractivity contribution in [3.05, 3.63) is 81.9 Å². The second-order valence-electron chi connectivity index (χ2n) is 29.6. The summed E-state index contributed by atoms with van der Waals surface area (Å²) in [5, 5.41) is 25.6. The molecule has 7 fully saturated rings. The van der Waals surface area contributed by atoms with E-state index >= 15 is 8.78 Å². The number of carbonyl (C=O) groups excluding carboxylic acids is 2. The molecule has 6 aliphatic heterocycles. The van der Waals surface area contributed by atoms with Crippen LogP contribution in [0.3, 0.4) is 0 Å². The summed E-state index contributed by atoms with van der Waals surface area (Å²) in [6.07, 6.45) is 13.4. The molecular formula is C70H92F2N10O8Si. The van der Waals surface area contributed by atoms with Gasteiger partial charge in [0, 0.05) is 63.0 Å². The number of piperidine rings is 4. The van der Waals surface area contributed by atoms with Gasteiger partial charge in [-0.25, -0.2) is 18.4 Å². The zero-order chi connectivity index (χ0) is 64.3. The largest absolute Gasteiger partial charge is 0.543 e. The summed E-state index contributed by atoms with van der Waals surface area (Å²) in [7, 11) is -0.763. The first-order valence-corrected chi connectivity index (χ1v) is 36.0. The van der Waals surface area contributed by atoms with E-state index in [1.807, 2.05) is 36.9 Å². The van der Waals surface area contributed by atoms with Crippen LogP contribution >= 0.6 is 0 Å². The normalized spacial score (nSPS) is 25.0. The highest BCUT2D eigenvalue weighted by Gasteiger charge is 2.61. The van der Waals surface area contributed by atoms with Gasteiger partial charge >= 0.3 is 17.8 Å². The van der Waals surface area contributed by atoms with Gasteiger partial charge in [0.25, 0.3) is 8.32 Å². The number of carbonyl (C=O) groups is 3. The number of aryl methyl sites for hydroxylation is 2. The molecule has 1 spiro atoms. The third-order valence-electron chi connectivity index (χ3n) is 23.3. The van der Waals surface area contributed by atoms with Gasteiger partial charge in [0.15, 0.2) is 5.82 Å². The van der Waals surface area contributed by atoms with Crippen LogP contribution in [0.5, 0.6) is 11.8 Å². The zero-order valence-corrected chi connectivity index (χ0v) is 55.7. The first-order valence-electron chi connectivity index (χ1n) is 33.8. The van der Waals surface area contributed by atoms with Crippen molar-refractivity contribution in [3.63, 3.8) is 0 Å². The highest BCUT2D eigenvalue weighted by atomic mass is 28.4. The summed E-state index contributed by atoms with van der Waals surface area (Å²) >= 11 is 0. The number of imide groups is 1. The molecule has 6 saturated heterocycles. The number of aromatic nitrogens is 5. The van der Waals surface area contributed by atoms with Gasteiger partial charge < -0.3 is 29.2 Å². The predicted molar refractivity (Wildman–Crippen MR) is 350 cm³/mol. The van der Waals surface area contributed by atoms with Crippen LogP contribution in [0.15, 0.2) is 53.5 Å². The highest BCUT2D eigenvalue weighted by molar-refractivity contribution is 6.78. The summed E-state index contributed by atoms with van der Waals surface area (Å²) in [4.78, 5) is 74.8. The van der Waals surface area contributed by atoms with Crippen molar-refractivity contribution in [2.45, 2.75) is 209 Å². The Balaban J connectivity index is 0.793. The number of anilines is 1. The number of pyridine rings is 1. The minimum atomic E-state index is -2.51. The van der Waals surface area contributed by atoms with Gasteiger partial charge in [-0.2, -0.15) is 9.97 Å². The smallest absolute Gasteiger partial charge is 0.407 e. The van der Waals surface area contributed by atoms with E-state index in [4.69, 9.17) is 24.1 Å². The van der Waals surface area contributed by atoms with Crippen molar-refractivity contribution in [1.29, 1.82) is 0 Å². The first-order chi connectivity index (χ1) is 43.4. The second kappa shape index (κ2) is 23.8. The molecular weight excluding hydrogens is 1170 g/mol. The van der Waals surface area contributed by atoms with Gasteiger partial charge in [0.05, 0.1) is 27.6 Å². The van der Waals surface area contributed by atoms with Crippen LogP contribution < -0.4 is 25.1 Å². The Morgan fingerprint density at radius 1 is 0.835 bits per heavy atom. The molecule has 91 heavy (non-hydrogen) atoms. The number of β-amino-alcohol motifs (C(OH)–C–C–N with tert-alkyl or cyclic N) is 1. The Bertz CT molecular complexity index is 3880. The Hall–Kier alpha value is -6.55. The van der Waals surface area contributed by atoms with Crippen molar-refractivity contribution in [1.82, 2.24) is 44.1 Å². The summed E-state index contributed by atoms with van der Waals surface area (Å²) < 4.78 is 51.6. The number of fused-ring (bicyclic) bond motifs is 4. The number of hydrogen-bond acceptors (Lipinski definition) is 13. The first kappa shape index (κ1) is 63.2. The number of benzene rings is 3. The molecule has 3 aromatic carbocycles. The van der Waals surface area contributed by atoms with Crippen LogP contribution in [-0.4, -0.2) is 150 Å². The average molecular weight is 1270 g/mol. The molecule has 0 bridgehead atoms. The van der Waals surface area contributed by atoms with E-state index in [2.05, 4.69) is 68.8 Å². The van der Waals surface area contributed by atoms with Gasteiger partial charge in [-0.15, -0.1) is 0 Å². The molecule has 3 aromatic heterocycles. The van der Waals surface area contributed by atoms with Gasteiger partial charge in [0.2, 0.25) is 11.8 Å². The molecule has 488 valence electrons. The number of ether oxygens (including phenoxy) is 1. The minimum Gasteiger partial charge on any atom is -0.543 e. The van der Waals surface area contributed by atoms with Crippen molar-refractivity contribution in [3.8, 4) is 23.0 Å². The van der Waals surface area contributed by atoms with Crippen molar-refractivity contribution < 1.29 is 42.5 Å². The van der Waals surface area contributed by atoms with Crippen molar-refractivity contribution in [2.24, 2.45) is 12.5 Å². The van der Waals surface area contributed by atoms with E-state index < -0.39 is 37.8 Å². The summed E-state index contributed by atoms with van der Waals surface area (Å²) in [5.74, 6) is -0.493. The van der Waals surface area contributed by atoms with E-state index in [0.29, 0.717) is 84.5 Å². The maximum absolute atomic E-state index is 18.3. The maximum atomic E-state index is 18.3. The number of imidazole rings is 1. The standard InChI is InChI=1S/C70H92F2N10O8Si/c1-10-50-53(71)15-13-47-33-49(90-91(42(2)3,43(4)5)44(6)7)35-51(58(47)50)60-59(72)61-52(37-73-60)62(79-27-11-22-67(8,88)40-79)76-64(75-61)89-41-69-23-12-28-81(69)48(19-24-69)36-70(38-68(39-70)25-31-78(32-26-68)66(86)87)80-29-20-45(21-30-80)46-14-16-54-56(34-46)77(9)65(85)82(54)55-17-18-57(83)74-63(55)84/h13-16,33-35,37,42-45,48,55,88H,10-12,17-32,36,38-41H2,1-9H3,(H,86,87)(H,74,83,84)/t48-,55?,67+,69-/m0/s1. The fourth-order valence-corrected chi connectivity index (χ4v) is 24.2. The molecule has 1 saturated carbocycles. The monoisotopic (exact) mass is 1270 g/mol.